The predicted molar refractivity (Wildman–Crippen MR) is 71.2 cm³/mol. The third-order valence-electron chi connectivity index (χ3n) is 4.09. The summed E-state index contributed by atoms with van der Waals surface area (Å²) >= 11 is 0. The highest BCUT2D eigenvalue weighted by Crippen LogP contribution is 2.42. The molecule has 1 aliphatic rings. The van der Waals surface area contributed by atoms with Gasteiger partial charge in [0.2, 0.25) is 0 Å². The van der Waals surface area contributed by atoms with E-state index in [1.807, 2.05) is 20.4 Å². The van der Waals surface area contributed by atoms with Crippen molar-refractivity contribution < 1.29 is 4.74 Å². The van der Waals surface area contributed by atoms with Crippen LogP contribution in [0.25, 0.3) is 0 Å². The number of rotatable bonds is 4. The highest BCUT2D eigenvalue weighted by atomic mass is 16.5. The third-order valence-corrected chi connectivity index (χ3v) is 4.09. The zero-order valence-corrected chi connectivity index (χ0v) is 11.5. The molecular weight excluding hydrogens is 226 g/mol. The van der Waals surface area contributed by atoms with Gasteiger partial charge in [-0.3, -0.25) is 9.97 Å². The minimum absolute atomic E-state index is 0.110. The van der Waals surface area contributed by atoms with Gasteiger partial charge in [0.05, 0.1) is 23.5 Å². The molecule has 1 aliphatic carbocycles. The fraction of sp³-hybridized carbons (Fsp3) is 0.714. The Labute approximate surface area is 109 Å². The van der Waals surface area contributed by atoms with Crippen LogP contribution in [0, 0.1) is 5.92 Å². The smallest absolute Gasteiger partial charge is 0.0890 e. The Kier molecular flexibility index (Phi) is 4.30. The van der Waals surface area contributed by atoms with E-state index in [1.165, 1.54) is 12.8 Å². The number of likely N-dealkylation sites (N-methyl/N-ethyl adjacent to an activating group) is 1. The van der Waals surface area contributed by atoms with Crippen LogP contribution in [0.5, 0.6) is 0 Å². The average Bonchev–Trinajstić information content (AvgIpc) is 2.41. The summed E-state index contributed by atoms with van der Waals surface area (Å²) in [5, 5.41) is 3.37. The molecule has 1 aromatic heterocycles. The molecule has 0 saturated heterocycles. The van der Waals surface area contributed by atoms with Crippen molar-refractivity contribution in [2.75, 3.05) is 14.2 Å². The van der Waals surface area contributed by atoms with Gasteiger partial charge in [-0.15, -0.1) is 0 Å². The number of nitrogens with one attached hydrogen (secondary N) is 1. The molecule has 1 N–H and O–H groups in total. The number of ether oxygens (including phenoxy) is 1. The van der Waals surface area contributed by atoms with Gasteiger partial charge in [-0.2, -0.15) is 0 Å². The van der Waals surface area contributed by atoms with E-state index in [9.17, 15) is 0 Å². The monoisotopic (exact) mass is 249 g/mol. The van der Waals surface area contributed by atoms with Gasteiger partial charge in [0.15, 0.2) is 0 Å². The second-order valence-electron chi connectivity index (χ2n) is 5.32. The van der Waals surface area contributed by atoms with Crippen LogP contribution in [0.1, 0.15) is 44.3 Å². The second-order valence-corrected chi connectivity index (χ2v) is 5.32. The molecule has 3 unspecified atom stereocenters. The highest BCUT2D eigenvalue weighted by Gasteiger charge is 2.43. The largest absolute Gasteiger partial charge is 0.376 e. The van der Waals surface area contributed by atoms with Crippen LogP contribution in [-0.4, -0.2) is 29.7 Å². The van der Waals surface area contributed by atoms with E-state index in [4.69, 9.17) is 4.74 Å². The van der Waals surface area contributed by atoms with Gasteiger partial charge in [-0.25, -0.2) is 0 Å². The van der Waals surface area contributed by atoms with Crippen molar-refractivity contribution in [1.29, 1.82) is 0 Å². The number of hydrogen-bond acceptors (Lipinski definition) is 4. The standard InChI is InChI=1S/C14H23N3O/c1-11-5-4-6-14(9-11,18-3)13(15-2)12-10-16-7-8-17-12/h7-8,10-11,13,15H,4-6,9H2,1-3H3. The first-order valence-corrected chi connectivity index (χ1v) is 6.70. The molecule has 1 heterocycles. The zero-order valence-electron chi connectivity index (χ0n) is 11.5. The molecule has 1 fully saturated rings. The van der Waals surface area contributed by atoms with E-state index >= 15 is 0 Å². The molecule has 1 saturated carbocycles. The van der Waals surface area contributed by atoms with Crippen molar-refractivity contribution in [3.05, 3.63) is 24.3 Å². The van der Waals surface area contributed by atoms with E-state index in [0.717, 1.165) is 18.5 Å². The average molecular weight is 249 g/mol. The van der Waals surface area contributed by atoms with Crippen LogP contribution in [-0.2, 0) is 4.74 Å². The summed E-state index contributed by atoms with van der Waals surface area (Å²) in [6.07, 6.45) is 9.95. The Bertz CT molecular complexity index is 371. The van der Waals surface area contributed by atoms with E-state index in [0.29, 0.717) is 5.92 Å². The molecule has 4 nitrogen and oxygen atoms in total. The summed E-state index contributed by atoms with van der Waals surface area (Å²) in [7, 11) is 3.79. The van der Waals surface area contributed by atoms with Crippen LogP contribution in [0.2, 0.25) is 0 Å². The van der Waals surface area contributed by atoms with Gasteiger partial charge in [-0.05, 0) is 25.8 Å². The van der Waals surface area contributed by atoms with Gasteiger partial charge >= 0.3 is 0 Å². The fourth-order valence-electron chi connectivity index (χ4n) is 3.25. The van der Waals surface area contributed by atoms with E-state index in [1.54, 1.807) is 12.4 Å². The Morgan fingerprint density at radius 3 is 2.89 bits per heavy atom. The minimum atomic E-state index is -0.150. The summed E-state index contributed by atoms with van der Waals surface area (Å²) in [5.41, 5.74) is 0.818. The number of hydrogen-bond donors (Lipinski definition) is 1. The number of methoxy groups -OCH3 is 1. The van der Waals surface area contributed by atoms with Crippen molar-refractivity contribution in [3.8, 4) is 0 Å². The molecule has 0 radical (unpaired) electrons. The van der Waals surface area contributed by atoms with Gasteiger partial charge in [0.1, 0.15) is 0 Å². The molecule has 2 rings (SSSR count). The first-order chi connectivity index (χ1) is 8.72. The number of nitrogens with zero attached hydrogens (tertiary/aromatic N) is 2. The normalized spacial score (nSPS) is 30.1. The van der Waals surface area contributed by atoms with E-state index in [-0.39, 0.29) is 11.6 Å². The van der Waals surface area contributed by atoms with Gasteiger partial charge < -0.3 is 10.1 Å². The van der Waals surface area contributed by atoms with Crippen LogP contribution in [0.3, 0.4) is 0 Å². The molecule has 0 spiro atoms. The fourth-order valence-corrected chi connectivity index (χ4v) is 3.25. The SMILES string of the molecule is CNC(c1cnccn1)C1(OC)CCCC(C)C1. The lowest BCUT2D eigenvalue weighted by molar-refractivity contribution is -0.0799. The van der Waals surface area contributed by atoms with Crippen LogP contribution >= 0.6 is 0 Å². The summed E-state index contributed by atoms with van der Waals surface area (Å²) in [5.74, 6) is 0.700. The molecule has 0 amide bonds. The van der Waals surface area contributed by atoms with E-state index < -0.39 is 0 Å². The molecule has 0 bridgehead atoms. The van der Waals surface area contributed by atoms with Gasteiger partial charge in [-0.1, -0.05) is 19.8 Å². The summed E-state index contributed by atoms with van der Waals surface area (Å²) in [6.45, 7) is 2.30. The lowest BCUT2D eigenvalue weighted by Crippen LogP contribution is -2.47. The van der Waals surface area contributed by atoms with Crippen LogP contribution in [0.4, 0.5) is 0 Å². The maximum absolute atomic E-state index is 5.93. The Morgan fingerprint density at radius 2 is 2.33 bits per heavy atom. The molecule has 3 atom stereocenters. The Hall–Kier alpha value is -1.00. The van der Waals surface area contributed by atoms with Crippen molar-refractivity contribution in [1.82, 2.24) is 15.3 Å². The highest BCUT2D eigenvalue weighted by molar-refractivity contribution is 5.11. The molecule has 0 aliphatic heterocycles. The third kappa shape index (κ3) is 2.54. The lowest BCUT2D eigenvalue weighted by atomic mass is 9.73. The minimum Gasteiger partial charge on any atom is -0.376 e. The van der Waals surface area contributed by atoms with Crippen molar-refractivity contribution in [2.45, 2.75) is 44.2 Å². The van der Waals surface area contributed by atoms with E-state index in [2.05, 4.69) is 22.2 Å². The van der Waals surface area contributed by atoms with Crippen molar-refractivity contribution in [2.24, 2.45) is 5.92 Å². The van der Waals surface area contributed by atoms with Crippen LogP contribution < -0.4 is 5.32 Å². The quantitative estimate of drug-likeness (QED) is 0.889. The summed E-state index contributed by atoms with van der Waals surface area (Å²) < 4.78 is 5.93. The van der Waals surface area contributed by atoms with Crippen molar-refractivity contribution in [3.63, 3.8) is 0 Å². The maximum atomic E-state index is 5.93. The second kappa shape index (κ2) is 5.76. The van der Waals surface area contributed by atoms with Crippen molar-refractivity contribution >= 4 is 0 Å². The first kappa shape index (κ1) is 13.4. The Balaban J connectivity index is 2.29. The molecule has 0 aromatic carbocycles. The zero-order chi connectivity index (χ0) is 13.0. The predicted octanol–water partition coefficient (Wildman–Crippen LogP) is 2.33. The van der Waals surface area contributed by atoms with Gasteiger partial charge in [0.25, 0.3) is 0 Å². The summed E-state index contributed by atoms with van der Waals surface area (Å²) in [6, 6.07) is 0.110. The topological polar surface area (TPSA) is 47.0 Å². The van der Waals surface area contributed by atoms with Gasteiger partial charge in [0, 0.05) is 19.5 Å². The first-order valence-electron chi connectivity index (χ1n) is 6.70. The summed E-state index contributed by atoms with van der Waals surface area (Å²) in [4.78, 5) is 8.61. The number of aromatic nitrogens is 2. The molecular formula is C14H23N3O. The maximum Gasteiger partial charge on any atom is 0.0890 e. The molecule has 100 valence electrons. The van der Waals surface area contributed by atoms with Crippen LogP contribution in [0.15, 0.2) is 18.6 Å². The Morgan fingerprint density at radius 1 is 1.50 bits per heavy atom. The molecule has 4 heteroatoms. The molecule has 1 aromatic rings. The lowest BCUT2D eigenvalue weighted by Gasteiger charge is -2.44. The molecule has 18 heavy (non-hydrogen) atoms.